The number of carbonyl (C=O) groups is 1. The summed E-state index contributed by atoms with van der Waals surface area (Å²) in [5.74, 6) is 0.504. The second-order valence-corrected chi connectivity index (χ2v) is 9.60. The van der Waals surface area contributed by atoms with Gasteiger partial charge in [-0.15, -0.1) is 5.10 Å². The molecule has 0 aliphatic carbocycles. The molecule has 2 heterocycles. The number of para-hydroxylation sites is 1. The van der Waals surface area contributed by atoms with Gasteiger partial charge in [0.25, 0.3) is 5.91 Å². The van der Waals surface area contributed by atoms with Crippen LogP contribution in [0.25, 0.3) is 5.82 Å². The van der Waals surface area contributed by atoms with Crippen LogP contribution in [0, 0.1) is 5.82 Å². The lowest BCUT2D eigenvalue weighted by molar-refractivity contribution is 0.0947. The van der Waals surface area contributed by atoms with Crippen LogP contribution in [0.15, 0.2) is 80.9 Å². The summed E-state index contributed by atoms with van der Waals surface area (Å²) in [6.07, 6.45) is 1.43. The van der Waals surface area contributed by atoms with E-state index >= 15 is 0 Å². The van der Waals surface area contributed by atoms with E-state index in [1.807, 2.05) is 25.1 Å². The number of amides is 1. The first-order chi connectivity index (χ1) is 20.9. The normalized spacial score (nSPS) is 11.0. The average Bonchev–Trinajstić information content (AvgIpc) is 3.62. The Morgan fingerprint density at radius 3 is 2.60 bits per heavy atom. The van der Waals surface area contributed by atoms with Crippen molar-refractivity contribution in [3.63, 3.8) is 0 Å². The molecule has 0 saturated carbocycles. The topological polar surface area (TPSA) is 165 Å². The van der Waals surface area contributed by atoms with Crippen molar-refractivity contribution in [2.24, 2.45) is 5.10 Å². The molecule has 15 heteroatoms. The fraction of sp³-hybridized carbons (Fsp3) is 0.143. The van der Waals surface area contributed by atoms with Crippen molar-refractivity contribution in [2.75, 3.05) is 12.3 Å². The minimum Gasteiger partial charge on any atom is -0.490 e. The third-order valence-corrected chi connectivity index (χ3v) is 6.39. The highest BCUT2D eigenvalue weighted by Crippen LogP contribution is 2.37. The van der Waals surface area contributed by atoms with E-state index in [9.17, 15) is 9.18 Å². The number of nitrogens with two attached hydrogens (primary N) is 1. The van der Waals surface area contributed by atoms with E-state index in [2.05, 4.69) is 51.7 Å². The molecule has 0 saturated heterocycles. The van der Waals surface area contributed by atoms with Gasteiger partial charge >= 0.3 is 0 Å². The quantitative estimate of drug-likeness (QED) is 0.145. The summed E-state index contributed by atoms with van der Waals surface area (Å²) in [6, 6.07) is 18.5. The molecule has 2 aromatic heterocycles. The van der Waals surface area contributed by atoms with Gasteiger partial charge in [-0.05, 0) is 80.7 Å². The monoisotopic (exact) mass is 650 g/mol. The Morgan fingerprint density at radius 2 is 1.88 bits per heavy atom. The highest BCUT2D eigenvalue weighted by molar-refractivity contribution is 9.10. The maximum absolute atomic E-state index is 13.2. The number of hydrogen-bond acceptors (Lipinski definition) is 11. The van der Waals surface area contributed by atoms with Crippen molar-refractivity contribution < 1.29 is 28.0 Å². The van der Waals surface area contributed by atoms with Gasteiger partial charge in [0.2, 0.25) is 11.6 Å². The van der Waals surface area contributed by atoms with Crippen LogP contribution in [0.2, 0.25) is 0 Å². The molecule has 0 atom stereocenters. The fourth-order valence-electron chi connectivity index (χ4n) is 3.80. The van der Waals surface area contributed by atoms with Crippen LogP contribution >= 0.6 is 15.9 Å². The first-order valence-corrected chi connectivity index (χ1v) is 13.6. The molecule has 3 N–H and O–H groups in total. The molecule has 1 amide bonds. The zero-order valence-corrected chi connectivity index (χ0v) is 24.2. The molecule has 0 unspecified atom stereocenters. The first-order valence-electron chi connectivity index (χ1n) is 12.8. The lowest BCUT2D eigenvalue weighted by Gasteiger charge is -2.14. The molecule has 0 aliphatic heterocycles. The van der Waals surface area contributed by atoms with Gasteiger partial charge in [-0.2, -0.15) is 9.78 Å². The number of benzene rings is 3. The number of aromatic nitrogens is 5. The standard InChI is InChI=1S/C28H24BrFN8O5/c1-2-40-23-13-18(12-21(29)25(23)42-15-17-8-10-19(30)11-9-17)14-32-34-28(39)24-22(16-41-20-6-4-3-5-7-20)38(37-33-24)27-26(31)35-43-36-27/h3-14H,2,15-16H2,1H3,(H2,31,35)(H,34,39)/b32-14+. The molecular weight excluding hydrogens is 627 g/mol. The van der Waals surface area contributed by atoms with E-state index in [-0.39, 0.29) is 42.1 Å². The minimum absolute atomic E-state index is 0.0448. The maximum atomic E-state index is 13.2. The van der Waals surface area contributed by atoms with Crippen LogP contribution in [-0.2, 0) is 13.2 Å². The number of rotatable bonds is 12. The van der Waals surface area contributed by atoms with Crippen LogP contribution in [-0.4, -0.2) is 44.0 Å². The van der Waals surface area contributed by atoms with Crippen LogP contribution in [0.1, 0.15) is 34.2 Å². The van der Waals surface area contributed by atoms with E-state index < -0.39 is 5.91 Å². The Hall–Kier alpha value is -5.31. The number of halogens is 2. The van der Waals surface area contributed by atoms with Crippen molar-refractivity contribution in [2.45, 2.75) is 20.1 Å². The van der Waals surface area contributed by atoms with Gasteiger partial charge in [0.1, 0.15) is 30.5 Å². The molecule has 3 aromatic carbocycles. The van der Waals surface area contributed by atoms with Crippen molar-refractivity contribution in [1.29, 1.82) is 0 Å². The predicted octanol–water partition coefficient (Wildman–Crippen LogP) is 4.45. The van der Waals surface area contributed by atoms with Crippen molar-refractivity contribution in [3.8, 4) is 23.1 Å². The molecule has 0 aliphatic rings. The highest BCUT2D eigenvalue weighted by Gasteiger charge is 2.24. The Kier molecular flexibility index (Phi) is 9.21. The van der Waals surface area contributed by atoms with Crippen LogP contribution in [0.5, 0.6) is 17.2 Å². The van der Waals surface area contributed by atoms with Crippen LogP contribution < -0.4 is 25.4 Å². The summed E-state index contributed by atoms with van der Waals surface area (Å²) < 4.78 is 37.2. The average molecular weight is 651 g/mol. The van der Waals surface area contributed by atoms with Gasteiger partial charge in [0, 0.05) is 0 Å². The number of nitrogens with zero attached hydrogens (tertiary/aromatic N) is 6. The van der Waals surface area contributed by atoms with Crippen molar-refractivity contribution in [1.82, 2.24) is 30.7 Å². The molecule has 220 valence electrons. The van der Waals surface area contributed by atoms with Crippen LogP contribution in [0.4, 0.5) is 10.2 Å². The second-order valence-electron chi connectivity index (χ2n) is 8.75. The van der Waals surface area contributed by atoms with Crippen LogP contribution in [0.3, 0.4) is 0 Å². The number of hydrazone groups is 1. The van der Waals surface area contributed by atoms with E-state index in [4.69, 9.17) is 19.9 Å². The maximum Gasteiger partial charge on any atom is 0.293 e. The molecule has 5 rings (SSSR count). The summed E-state index contributed by atoms with van der Waals surface area (Å²) >= 11 is 3.51. The number of nitrogen functional groups attached to an aromatic ring is 1. The van der Waals surface area contributed by atoms with E-state index in [0.29, 0.717) is 33.9 Å². The number of carbonyl (C=O) groups excluding carboxylic acids is 1. The Bertz CT molecular complexity index is 1730. The van der Waals surface area contributed by atoms with Gasteiger partial charge in [0.05, 0.1) is 17.3 Å². The summed E-state index contributed by atoms with van der Waals surface area (Å²) in [4.78, 5) is 13.1. The molecule has 0 spiro atoms. The summed E-state index contributed by atoms with van der Waals surface area (Å²) in [7, 11) is 0. The SMILES string of the molecule is CCOc1cc(/C=N/NC(=O)c2nnn(-c3nonc3N)c2COc2ccccc2)cc(Br)c1OCc1ccc(F)cc1. The first kappa shape index (κ1) is 29.2. The zero-order valence-electron chi connectivity index (χ0n) is 22.6. The lowest BCUT2D eigenvalue weighted by atomic mass is 10.2. The summed E-state index contributed by atoms with van der Waals surface area (Å²) in [5, 5.41) is 19.3. The number of anilines is 1. The molecule has 13 nitrogen and oxygen atoms in total. The van der Waals surface area contributed by atoms with Gasteiger partial charge in [-0.3, -0.25) is 4.79 Å². The van der Waals surface area contributed by atoms with Crippen molar-refractivity contribution in [3.05, 3.63) is 99.5 Å². The van der Waals surface area contributed by atoms with Gasteiger partial charge < -0.3 is 19.9 Å². The van der Waals surface area contributed by atoms with E-state index in [1.165, 1.54) is 23.0 Å². The Balaban J connectivity index is 1.32. The third kappa shape index (κ3) is 7.13. The molecule has 5 aromatic rings. The highest BCUT2D eigenvalue weighted by atomic mass is 79.9. The molecule has 0 radical (unpaired) electrons. The largest absolute Gasteiger partial charge is 0.490 e. The Labute approximate surface area is 252 Å². The molecular formula is C28H24BrFN8O5. The van der Waals surface area contributed by atoms with Gasteiger partial charge in [-0.1, -0.05) is 35.5 Å². The second kappa shape index (κ2) is 13.6. The van der Waals surface area contributed by atoms with Crippen molar-refractivity contribution >= 4 is 33.9 Å². The zero-order chi connectivity index (χ0) is 30.2. The molecule has 0 fully saturated rings. The number of hydrogen-bond donors (Lipinski definition) is 2. The number of nitrogens with one attached hydrogen (secondary N) is 1. The predicted molar refractivity (Wildman–Crippen MR) is 156 cm³/mol. The lowest BCUT2D eigenvalue weighted by Crippen LogP contribution is -2.21. The fourth-order valence-corrected chi connectivity index (χ4v) is 4.38. The molecule has 43 heavy (non-hydrogen) atoms. The van der Waals surface area contributed by atoms with Gasteiger partial charge in [0.15, 0.2) is 17.2 Å². The smallest absolute Gasteiger partial charge is 0.293 e. The minimum atomic E-state index is -0.660. The molecule has 0 bridgehead atoms. The number of ether oxygens (including phenoxy) is 3. The van der Waals surface area contributed by atoms with E-state index in [1.54, 1.807) is 36.4 Å². The van der Waals surface area contributed by atoms with E-state index in [0.717, 1.165) is 5.56 Å². The summed E-state index contributed by atoms with van der Waals surface area (Å²) in [5.41, 5.74) is 9.83. The van der Waals surface area contributed by atoms with Gasteiger partial charge in [-0.25, -0.2) is 14.4 Å². The Morgan fingerprint density at radius 1 is 1.09 bits per heavy atom. The third-order valence-electron chi connectivity index (χ3n) is 5.80. The summed E-state index contributed by atoms with van der Waals surface area (Å²) in [6.45, 7) is 2.33.